The van der Waals surface area contributed by atoms with Crippen molar-refractivity contribution in [3.8, 4) is 11.8 Å². The normalized spacial score (nSPS) is 10.2. The van der Waals surface area contributed by atoms with Crippen molar-refractivity contribution in [1.82, 2.24) is 0 Å². The maximum absolute atomic E-state index is 12.6. The van der Waals surface area contributed by atoms with Crippen molar-refractivity contribution < 1.29 is 19.1 Å². The van der Waals surface area contributed by atoms with Gasteiger partial charge in [-0.25, -0.2) is 4.79 Å². The van der Waals surface area contributed by atoms with E-state index in [1.165, 1.54) is 4.90 Å². The zero-order valence-corrected chi connectivity index (χ0v) is 17.5. The molecule has 152 valence electrons. The van der Waals surface area contributed by atoms with Crippen LogP contribution in [0.5, 0.6) is 5.75 Å². The number of carbonyl (C=O) groups excluding carboxylic acids is 2. The van der Waals surface area contributed by atoms with Gasteiger partial charge >= 0.3 is 5.97 Å². The molecule has 2 aromatic rings. The van der Waals surface area contributed by atoms with Gasteiger partial charge in [-0.2, -0.15) is 5.26 Å². The molecule has 0 aliphatic rings. The average Bonchev–Trinajstić information content (AvgIpc) is 2.67. The van der Waals surface area contributed by atoms with Gasteiger partial charge in [0.1, 0.15) is 5.75 Å². The second kappa shape index (κ2) is 10.5. The lowest BCUT2D eigenvalue weighted by atomic mass is 10.1. The Morgan fingerprint density at radius 2 is 1.76 bits per heavy atom. The fourth-order valence-electron chi connectivity index (χ4n) is 2.78. The molecule has 1 amide bonds. The quantitative estimate of drug-likeness (QED) is 0.606. The lowest BCUT2D eigenvalue weighted by Crippen LogP contribution is -2.36. The van der Waals surface area contributed by atoms with Gasteiger partial charge in [0.05, 0.1) is 12.5 Å². The van der Waals surface area contributed by atoms with Crippen LogP contribution in [0.2, 0.25) is 5.02 Å². The van der Waals surface area contributed by atoms with Crippen LogP contribution in [0.3, 0.4) is 0 Å². The number of hydrogen-bond acceptors (Lipinski definition) is 5. The number of esters is 1. The second-order valence-corrected chi connectivity index (χ2v) is 7.07. The Hall–Kier alpha value is -3.04. The number of anilines is 1. The van der Waals surface area contributed by atoms with Crippen LogP contribution < -0.4 is 9.64 Å². The summed E-state index contributed by atoms with van der Waals surface area (Å²) in [6.45, 7) is 5.15. The molecule has 7 heteroatoms. The molecule has 0 spiro atoms. The number of amides is 1. The number of nitriles is 1. The highest BCUT2D eigenvalue weighted by molar-refractivity contribution is 6.31. The van der Waals surface area contributed by atoms with E-state index in [9.17, 15) is 9.59 Å². The highest BCUT2D eigenvalue weighted by Crippen LogP contribution is 2.21. The second-order valence-electron chi connectivity index (χ2n) is 6.66. The summed E-state index contributed by atoms with van der Waals surface area (Å²) in [5.74, 6) is -0.575. The van der Waals surface area contributed by atoms with Crippen LogP contribution in [-0.4, -0.2) is 31.6 Å². The van der Waals surface area contributed by atoms with E-state index >= 15 is 0 Å². The van der Waals surface area contributed by atoms with Crippen molar-refractivity contribution >= 4 is 29.2 Å². The van der Waals surface area contributed by atoms with Crippen molar-refractivity contribution in [2.24, 2.45) is 0 Å². The van der Waals surface area contributed by atoms with Gasteiger partial charge in [0, 0.05) is 17.3 Å². The van der Waals surface area contributed by atoms with Crippen molar-refractivity contribution in [1.29, 1.82) is 5.26 Å². The molecule has 2 rings (SSSR count). The molecule has 0 aliphatic heterocycles. The van der Waals surface area contributed by atoms with Gasteiger partial charge in [-0.3, -0.25) is 4.79 Å². The van der Waals surface area contributed by atoms with Crippen LogP contribution in [-0.2, 0) is 14.3 Å². The molecule has 0 saturated heterocycles. The molecule has 0 aromatic heterocycles. The molecular formula is C22H23ClN2O4. The first-order chi connectivity index (χ1) is 13.8. The van der Waals surface area contributed by atoms with E-state index in [-0.39, 0.29) is 19.6 Å². The van der Waals surface area contributed by atoms with Crippen LogP contribution in [0.1, 0.15) is 23.1 Å². The zero-order valence-electron chi connectivity index (χ0n) is 16.7. The molecule has 2 aromatic carbocycles. The van der Waals surface area contributed by atoms with E-state index in [2.05, 4.69) is 0 Å². The first-order valence-electron chi connectivity index (χ1n) is 9.10. The topological polar surface area (TPSA) is 79.6 Å². The predicted molar refractivity (Wildman–Crippen MR) is 111 cm³/mol. The molecule has 6 nitrogen and oxygen atoms in total. The number of rotatable bonds is 8. The van der Waals surface area contributed by atoms with Gasteiger partial charge < -0.3 is 14.4 Å². The van der Waals surface area contributed by atoms with E-state index in [0.717, 1.165) is 16.7 Å². The van der Waals surface area contributed by atoms with Gasteiger partial charge in [-0.1, -0.05) is 17.7 Å². The summed E-state index contributed by atoms with van der Waals surface area (Å²) in [6, 6.07) is 12.8. The van der Waals surface area contributed by atoms with Gasteiger partial charge in [-0.15, -0.1) is 0 Å². The molecule has 0 saturated carbocycles. The highest BCUT2D eigenvalue weighted by Gasteiger charge is 2.18. The van der Waals surface area contributed by atoms with E-state index < -0.39 is 18.5 Å². The molecule has 0 radical (unpaired) electrons. The molecular weight excluding hydrogens is 392 g/mol. The SMILES string of the molecule is Cc1cc(C)cc(N(CCC#N)C(=O)COC(=O)COc2ccc(Cl)c(C)c2)c1. The minimum Gasteiger partial charge on any atom is -0.482 e. The Labute approximate surface area is 175 Å². The molecule has 29 heavy (non-hydrogen) atoms. The minimum absolute atomic E-state index is 0.172. The number of hydrogen-bond donors (Lipinski definition) is 0. The first kappa shape index (κ1) is 22.3. The number of carbonyl (C=O) groups is 2. The Morgan fingerprint density at radius 1 is 1.07 bits per heavy atom. The van der Waals surface area contributed by atoms with E-state index in [0.29, 0.717) is 16.5 Å². The lowest BCUT2D eigenvalue weighted by molar-refractivity contribution is -0.149. The number of ether oxygens (including phenoxy) is 2. The molecule has 0 aliphatic carbocycles. The highest BCUT2D eigenvalue weighted by atomic mass is 35.5. The minimum atomic E-state index is -0.661. The van der Waals surface area contributed by atoms with Gasteiger partial charge in [-0.05, 0) is 67.8 Å². The van der Waals surface area contributed by atoms with Crippen LogP contribution in [0.15, 0.2) is 36.4 Å². The van der Waals surface area contributed by atoms with Crippen molar-refractivity contribution in [2.45, 2.75) is 27.2 Å². The van der Waals surface area contributed by atoms with E-state index in [1.54, 1.807) is 18.2 Å². The summed E-state index contributed by atoms with van der Waals surface area (Å²) in [5, 5.41) is 9.49. The number of halogens is 1. The summed E-state index contributed by atoms with van der Waals surface area (Å²) >= 11 is 5.95. The molecule has 0 N–H and O–H groups in total. The lowest BCUT2D eigenvalue weighted by Gasteiger charge is -2.22. The third-order valence-electron chi connectivity index (χ3n) is 4.11. The number of benzene rings is 2. The smallest absolute Gasteiger partial charge is 0.344 e. The predicted octanol–water partition coefficient (Wildman–Crippen LogP) is 4.13. The maximum Gasteiger partial charge on any atom is 0.344 e. The fraction of sp³-hybridized carbons (Fsp3) is 0.318. The molecule has 0 bridgehead atoms. The van der Waals surface area contributed by atoms with Crippen LogP contribution in [0.25, 0.3) is 0 Å². The standard InChI is InChI=1S/C22H23ClN2O4/c1-15-9-16(2)11-18(10-15)25(8-4-7-24)21(26)13-29-22(27)14-28-19-5-6-20(23)17(3)12-19/h5-6,9-12H,4,8,13-14H2,1-3H3. The fourth-order valence-corrected chi connectivity index (χ4v) is 2.89. The summed E-state index contributed by atoms with van der Waals surface area (Å²) in [5.41, 5.74) is 3.50. The van der Waals surface area contributed by atoms with Crippen LogP contribution in [0.4, 0.5) is 5.69 Å². The van der Waals surface area contributed by atoms with E-state index in [1.807, 2.05) is 45.0 Å². The van der Waals surface area contributed by atoms with Crippen molar-refractivity contribution in [3.05, 3.63) is 58.1 Å². The van der Waals surface area contributed by atoms with Gasteiger partial charge in [0.25, 0.3) is 5.91 Å². The summed E-state index contributed by atoms with van der Waals surface area (Å²) in [4.78, 5) is 26.0. The number of aryl methyl sites for hydroxylation is 3. The van der Waals surface area contributed by atoms with E-state index in [4.69, 9.17) is 26.3 Å². The Kier molecular flexibility index (Phi) is 8.05. The Bertz CT molecular complexity index is 917. The Balaban J connectivity index is 1.95. The largest absolute Gasteiger partial charge is 0.482 e. The summed E-state index contributed by atoms with van der Waals surface area (Å²) < 4.78 is 10.4. The summed E-state index contributed by atoms with van der Waals surface area (Å²) in [7, 11) is 0. The van der Waals surface area contributed by atoms with Gasteiger partial charge in [0.15, 0.2) is 13.2 Å². The van der Waals surface area contributed by atoms with Crippen molar-refractivity contribution in [3.63, 3.8) is 0 Å². The van der Waals surface area contributed by atoms with Crippen LogP contribution >= 0.6 is 11.6 Å². The molecule has 0 heterocycles. The molecule has 0 unspecified atom stereocenters. The van der Waals surface area contributed by atoms with Crippen LogP contribution in [0, 0.1) is 32.1 Å². The first-order valence-corrected chi connectivity index (χ1v) is 9.48. The Morgan fingerprint density at radius 3 is 2.38 bits per heavy atom. The monoisotopic (exact) mass is 414 g/mol. The zero-order chi connectivity index (χ0) is 21.4. The summed E-state index contributed by atoms with van der Waals surface area (Å²) in [6.07, 6.45) is 0.172. The average molecular weight is 415 g/mol. The molecule has 0 atom stereocenters. The number of nitrogens with zero attached hydrogens (tertiary/aromatic N) is 2. The molecule has 0 fully saturated rings. The van der Waals surface area contributed by atoms with Gasteiger partial charge in [0.2, 0.25) is 0 Å². The maximum atomic E-state index is 12.6. The van der Waals surface area contributed by atoms with Crippen molar-refractivity contribution in [2.75, 3.05) is 24.7 Å². The third-order valence-corrected chi connectivity index (χ3v) is 4.53. The third kappa shape index (κ3) is 6.81.